The second-order valence-corrected chi connectivity index (χ2v) is 3.53. The van der Waals surface area contributed by atoms with Gasteiger partial charge < -0.3 is 4.74 Å². The highest BCUT2D eigenvalue weighted by molar-refractivity contribution is 5.81. The van der Waals surface area contributed by atoms with E-state index in [0.717, 1.165) is 25.3 Å². The Labute approximate surface area is 72.0 Å². The van der Waals surface area contributed by atoms with Crippen LogP contribution in [0, 0.1) is 23.2 Å². The third-order valence-electron chi connectivity index (χ3n) is 2.58. The maximum absolute atomic E-state index is 8.72. The minimum atomic E-state index is 0.161. The Morgan fingerprint density at radius 1 is 1.58 bits per heavy atom. The van der Waals surface area contributed by atoms with Gasteiger partial charge in [0.1, 0.15) is 6.10 Å². The molecule has 1 fully saturated rings. The molecule has 2 aliphatic rings. The van der Waals surface area contributed by atoms with Crippen LogP contribution in [0.5, 0.6) is 0 Å². The van der Waals surface area contributed by atoms with E-state index in [1.165, 1.54) is 0 Å². The summed E-state index contributed by atoms with van der Waals surface area (Å²) in [4.78, 5) is 4.28. The fourth-order valence-corrected chi connectivity index (χ4v) is 1.65. The van der Waals surface area contributed by atoms with Crippen molar-refractivity contribution in [2.24, 2.45) is 16.8 Å². The van der Waals surface area contributed by atoms with Gasteiger partial charge in [0.25, 0.3) is 0 Å². The first kappa shape index (κ1) is 7.60. The molecule has 1 heterocycles. The molecular weight excluding hydrogens is 152 g/mol. The van der Waals surface area contributed by atoms with E-state index in [1.54, 1.807) is 0 Å². The predicted octanol–water partition coefficient (Wildman–Crippen LogP) is 1.35. The highest BCUT2D eigenvalue weighted by Gasteiger charge is 2.38. The van der Waals surface area contributed by atoms with Crippen molar-refractivity contribution in [3.8, 4) is 6.07 Å². The number of nitrogens with zero attached hydrogens (tertiary/aromatic N) is 2. The van der Waals surface area contributed by atoms with Crippen LogP contribution in [-0.2, 0) is 4.74 Å². The molecule has 0 aromatic carbocycles. The van der Waals surface area contributed by atoms with E-state index >= 15 is 0 Å². The van der Waals surface area contributed by atoms with E-state index in [0.29, 0.717) is 5.92 Å². The molecule has 0 aromatic heterocycles. The normalized spacial score (nSPS) is 39.3. The van der Waals surface area contributed by atoms with E-state index in [4.69, 9.17) is 10.00 Å². The quantitative estimate of drug-likeness (QED) is 0.587. The number of hydrogen-bond donors (Lipinski definition) is 0. The summed E-state index contributed by atoms with van der Waals surface area (Å²) < 4.78 is 5.50. The highest BCUT2D eigenvalue weighted by Crippen LogP contribution is 2.36. The molecule has 3 heteroatoms. The molecule has 0 radical (unpaired) electrons. The Balaban J connectivity index is 1.98. The van der Waals surface area contributed by atoms with Crippen LogP contribution in [-0.4, -0.2) is 18.5 Å². The first-order chi connectivity index (χ1) is 5.81. The zero-order valence-corrected chi connectivity index (χ0v) is 7.16. The van der Waals surface area contributed by atoms with Crippen LogP contribution in [0.4, 0.5) is 0 Å². The summed E-state index contributed by atoms with van der Waals surface area (Å²) in [5.74, 6) is 1.30. The molecule has 2 rings (SSSR count). The molecule has 0 amide bonds. The molecular formula is C9H12N2O. The van der Waals surface area contributed by atoms with Gasteiger partial charge in [0.05, 0.1) is 24.4 Å². The van der Waals surface area contributed by atoms with E-state index in [2.05, 4.69) is 11.1 Å². The fourth-order valence-electron chi connectivity index (χ4n) is 1.65. The summed E-state index contributed by atoms with van der Waals surface area (Å²) in [6.07, 6.45) is 2.31. The standard InChI is InChI=1S/C9H12N2O/c1-6-5-11-9(12-6)8-3-2-7(8)4-10/h6-8H,2-3,5H2,1H3. The Kier molecular flexibility index (Phi) is 1.76. The lowest BCUT2D eigenvalue weighted by Gasteiger charge is -2.30. The number of ether oxygens (including phenoxy) is 1. The Morgan fingerprint density at radius 2 is 2.42 bits per heavy atom. The van der Waals surface area contributed by atoms with Crippen LogP contribution in [0.1, 0.15) is 19.8 Å². The molecule has 1 aliphatic heterocycles. The van der Waals surface area contributed by atoms with Gasteiger partial charge in [-0.1, -0.05) is 0 Å². The lowest BCUT2D eigenvalue weighted by atomic mass is 9.74. The van der Waals surface area contributed by atoms with Gasteiger partial charge in [-0.25, -0.2) is 0 Å². The molecule has 1 aliphatic carbocycles. The minimum absolute atomic E-state index is 0.161. The molecule has 0 spiro atoms. The molecule has 3 unspecified atom stereocenters. The van der Waals surface area contributed by atoms with Gasteiger partial charge in [-0.3, -0.25) is 4.99 Å². The maximum atomic E-state index is 8.72. The van der Waals surface area contributed by atoms with Gasteiger partial charge in [0, 0.05) is 0 Å². The fraction of sp³-hybridized carbons (Fsp3) is 0.778. The lowest BCUT2D eigenvalue weighted by Crippen LogP contribution is -2.32. The smallest absolute Gasteiger partial charge is 0.188 e. The van der Waals surface area contributed by atoms with E-state index in [1.807, 2.05) is 6.92 Å². The number of nitriles is 1. The second kappa shape index (κ2) is 2.78. The van der Waals surface area contributed by atoms with Crippen molar-refractivity contribution in [2.75, 3.05) is 6.54 Å². The predicted molar refractivity (Wildman–Crippen MR) is 44.7 cm³/mol. The average Bonchev–Trinajstić information content (AvgIpc) is 2.35. The molecule has 3 atom stereocenters. The molecule has 0 aromatic rings. The van der Waals surface area contributed by atoms with Crippen molar-refractivity contribution < 1.29 is 4.74 Å². The summed E-state index contributed by atoms with van der Waals surface area (Å²) in [6, 6.07) is 2.28. The molecule has 0 saturated heterocycles. The summed E-state index contributed by atoms with van der Waals surface area (Å²) in [6.45, 7) is 2.78. The summed E-state index contributed by atoms with van der Waals surface area (Å²) in [7, 11) is 0. The first-order valence-electron chi connectivity index (χ1n) is 4.42. The molecule has 0 bridgehead atoms. The van der Waals surface area contributed by atoms with Crippen LogP contribution >= 0.6 is 0 Å². The van der Waals surface area contributed by atoms with Crippen molar-refractivity contribution in [1.82, 2.24) is 0 Å². The van der Waals surface area contributed by atoms with Gasteiger partial charge in [-0.15, -0.1) is 0 Å². The van der Waals surface area contributed by atoms with Crippen molar-refractivity contribution in [3.05, 3.63) is 0 Å². The SMILES string of the molecule is CC1CN=C(C2CCC2C#N)O1. The summed E-state index contributed by atoms with van der Waals surface area (Å²) >= 11 is 0. The molecule has 3 nitrogen and oxygen atoms in total. The summed E-state index contributed by atoms with van der Waals surface area (Å²) in [5, 5.41) is 8.72. The zero-order valence-electron chi connectivity index (χ0n) is 7.16. The van der Waals surface area contributed by atoms with Crippen LogP contribution in [0.2, 0.25) is 0 Å². The van der Waals surface area contributed by atoms with Crippen molar-refractivity contribution in [2.45, 2.75) is 25.9 Å². The molecule has 1 saturated carbocycles. The number of aliphatic imine (C=N–C) groups is 1. The van der Waals surface area contributed by atoms with Crippen molar-refractivity contribution in [3.63, 3.8) is 0 Å². The van der Waals surface area contributed by atoms with Crippen LogP contribution in [0.25, 0.3) is 0 Å². The van der Waals surface area contributed by atoms with Crippen molar-refractivity contribution in [1.29, 1.82) is 5.26 Å². The van der Waals surface area contributed by atoms with E-state index in [-0.39, 0.29) is 12.0 Å². The number of hydrogen-bond acceptors (Lipinski definition) is 3. The van der Waals surface area contributed by atoms with Crippen LogP contribution < -0.4 is 0 Å². The van der Waals surface area contributed by atoms with Gasteiger partial charge >= 0.3 is 0 Å². The van der Waals surface area contributed by atoms with Crippen molar-refractivity contribution >= 4 is 5.90 Å². The monoisotopic (exact) mass is 164 g/mol. The third kappa shape index (κ3) is 1.08. The third-order valence-corrected chi connectivity index (χ3v) is 2.58. The zero-order chi connectivity index (χ0) is 8.55. The second-order valence-electron chi connectivity index (χ2n) is 3.53. The van der Waals surface area contributed by atoms with Gasteiger partial charge in [0.2, 0.25) is 0 Å². The van der Waals surface area contributed by atoms with Gasteiger partial charge in [-0.2, -0.15) is 5.26 Å². The first-order valence-corrected chi connectivity index (χ1v) is 4.42. The Bertz CT molecular complexity index is 254. The highest BCUT2D eigenvalue weighted by atomic mass is 16.5. The minimum Gasteiger partial charge on any atom is -0.476 e. The Hall–Kier alpha value is -1.04. The molecule has 0 N–H and O–H groups in total. The maximum Gasteiger partial charge on any atom is 0.188 e. The van der Waals surface area contributed by atoms with Gasteiger partial charge in [-0.05, 0) is 19.8 Å². The van der Waals surface area contributed by atoms with E-state index in [9.17, 15) is 0 Å². The van der Waals surface area contributed by atoms with E-state index < -0.39 is 0 Å². The topological polar surface area (TPSA) is 45.4 Å². The van der Waals surface area contributed by atoms with Crippen LogP contribution in [0.3, 0.4) is 0 Å². The average molecular weight is 164 g/mol. The number of rotatable bonds is 1. The lowest BCUT2D eigenvalue weighted by molar-refractivity contribution is 0.195. The molecule has 12 heavy (non-hydrogen) atoms. The summed E-state index contributed by atoms with van der Waals surface area (Å²) in [5.41, 5.74) is 0. The largest absolute Gasteiger partial charge is 0.476 e. The van der Waals surface area contributed by atoms with Gasteiger partial charge in [0.15, 0.2) is 5.90 Å². The Morgan fingerprint density at radius 3 is 2.83 bits per heavy atom. The van der Waals surface area contributed by atoms with Crippen LogP contribution in [0.15, 0.2) is 4.99 Å². The molecule has 64 valence electrons.